The van der Waals surface area contributed by atoms with Gasteiger partial charge in [-0.2, -0.15) is 17.5 Å². The summed E-state index contributed by atoms with van der Waals surface area (Å²) in [7, 11) is -3.78. The van der Waals surface area contributed by atoms with E-state index in [1.165, 1.54) is 23.1 Å². The molecule has 1 N–H and O–H groups in total. The topological polar surface area (TPSA) is 86.8 Å². The van der Waals surface area contributed by atoms with Crippen LogP contribution in [0.4, 0.5) is 13.2 Å². The number of sulfonamides is 1. The normalized spacial score (nSPS) is 21.7. The maximum atomic E-state index is 13.9. The highest BCUT2D eigenvalue weighted by atomic mass is 32.2. The maximum absolute atomic E-state index is 13.9. The highest BCUT2D eigenvalue weighted by Gasteiger charge is 2.53. The molecule has 0 aliphatic carbocycles. The molecule has 2 heterocycles. The van der Waals surface area contributed by atoms with Gasteiger partial charge < -0.3 is 10.2 Å². The van der Waals surface area contributed by atoms with Crippen LogP contribution in [-0.4, -0.2) is 64.9 Å². The molecule has 0 saturated carbocycles. The van der Waals surface area contributed by atoms with E-state index in [9.17, 15) is 31.2 Å². The van der Waals surface area contributed by atoms with Crippen LogP contribution in [-0.2, 0) is 21.0 Å². The van der Waals surface area contributed by atoms with Crippen LogP contribution in [0, 0.1) is 0 Å². The van der Waals surface area contributed by atoms with Gasteiger partial charge in [-0.1, -0.05) is 12.6 Å². The molecule has 1 aromatic carbocycles. The summed E-state index contributed by atoms with van der Waals surface area (Å²) < 4.78 is 68.4. The number of nitrogens with zero attached hydrogens (tertiary/aromatic N) is 2. The second-order valence-electron chi connectivity index (χ2n) is 10.8. The van der Waals surface area contributed by atoms with Gasteiger partial charge in [-0.05, 0) is 77.7 Å². The number of rotatable bonds is 5. The van der Waals surface area contributed by atoms with Crippen LogP contribution < -0.4 is 5.32 Å². The average molecular weight is 530 g/mol. The van der Waals surface area contributed by atoms with Crippen molar-refractivity contribution in [3.8, 4) is 0 Å². The Hall–Kier alpha value is -2.40. The predicted octanol–water partition coefficient (Wildman–Crippen LogP) is 3.96. The number of piperidine rings is 2. The lowest BCUT2D eigenvalue weighted by Gasteiger charge is -2.55. The molecule has 2 saturated heterocycles. The SMILES string of the molecule is C=CC(=O)NC1CC(C)(C)N(S(=O)(=O)C2CCN(C(=O)c3cccc(C(F)(F)F)c3)CC2)C(C)(C)C1. The molecule has 0 unspecified atom stereocenters. The van der Waals surface area contributed by atoms with E-state index in [2.05, 4.69) is 11.9 Å². The molecule has 3 rings (SSSR count). The zero-order valence-electron chi connectivity index (χ0n) is 21.1. The number of hydrogen-bond donors (Lipinski definition) is 1. The molecule has 0 spiro atoms. The van der Waals surface area contributed by atoms with Gasteiger partial charge in [0.2, 0.25) is 15.9 Å². The minimum Gasteiger partial charge on any atom is -0.350 e. The van der Waals surface area contributed by atoms with Crippen molar-refractivity contribution < 1.29 is 31.2 Å². The lowest BCUT2D eigenvalue weighted by Crippen LogP contribution is -2.67. The molecular weight excluding hydrogens is 495 g/mol. The molecule has 0 atom stereocenters. The number of amides is 2. The molecule has 11 heteroatoms. The standard InChI is InChI=1S/C25H34F3N3O4S/c1-6-21(32)29-19-15-23(2,3)31(24(4,5)16-19)36(34,35)20-10-12-30(13-11-20)22(33)17-8-7-9-18(14-17)25(26,27)28/h6-9,14,19-20H,1,10-13,15-16H2,2-5H3,(H,29,32). The van der Waals surface area contributed by atoms with Crippen molar-refractivity contribution in [2.24, 2.45) is 0 Å². The Balaban J connectivity index is 1.74. The first-order valence-corrected chi connectivity index (χ1v) is 13.4. The number of benzene rings is 1. The van der Waals surface area contributed by atoms with Crippen LogP contribution in [0.1, 0.15) is 69.3 Å². The van der Waals surface area contributed by atoms with Crippen LogP contribution in [0.5, 0.6) is 0 Å². The fourth-order valence-electron chi connectivity index (χ4n) is 5.83. The van der Waals surface area contributed by atoms with Crippen LogP contribution in [0.2, 0.25) is 0 Å². The van der Waals surface area contributed by atoms with E-state index in [-0.39, 0.29) is 43.4 Å². The second kappa shape index (κ2) is 9.81. The fraction of sp³-hybridized carbons (Fsp3) is 0.600. The van der Waals surface area contributed by atoms with Gasteiger partial charge in [0.15, 0.2) is 0 Å². The van der Waals surface area contributed by atoms with Crippen molar-refractivity contribution in [2.45, 2.75) is 81.9 Å². The highest BCUT2D eigenvalue weighted by molar-refractivity contribution is 7.89. The molecule has 2 fully saturated rings. The fourth-order valence-corrected chi connectivity index (χ4v) is 8.46. The van der Waals surface area contributed by atoms with Gasteiger partial charge in [-0.15, -0.1) is 0 Å². The van der Waals surface area contributed by atoms with Crippen LogP contribution in [0.15, 0.2) is 36.9 Å². The van der Waals surface area contributed by atoms with Crippen molar-refractivity contribution in [3.05, 3.63) is 48.0 Å². The van der Waals surface area contributed by atoms with Crippen LogP contribution in [0.3, 0.4) is 0 Å². The molecule has 1 aromatic rings. The first-order chi connectivity index (χ1) is 16.5. The van der Waals surface area contributed by atoms with Crippen molar-refractivity contribution in [1.82, 2.24) is 14.5 Å². The number of halogens is 3. The number of alkyl halides is 3. The Morgan fingerprint density at radius 1 is 1.08 bits per heavy atom. The van der Waals surface area contributed by atoms with Crippen LogP contribution >= 0.6 is 0 Å². The summed E-state index contributed by atoms with van der Waals surface area (Å²) in [6.07, 6.45) is -2.13. The lowest BCUT2D eigenvalue weighted by atomic mass is 9.79. The molecule has 0 bridgehead atoms. The molecule has 7 nitrogen and oxygen atoms in total. The zero-order valence-corrected chi connectivity index (χ0v) is 21.9. The summed E-state index contributed by atoms with van der Waals surface area (Å²) in [5.41, 5.74) is -2.52. The highest BCUT2D eigenvalue weighted by Crippen LogP contribution is 2.43. The quantitative estimate of drug-likeness (QED) is 0.585. The molecule has 2 aliphatic heterocycles. The van der Waals surface area contributed by atoms with Gasteiger partial charge in [-0.25, -0.2) is 8.42 Å². The lowest BCUT2D eigenvalue weighted by molar-refractivity contribution is -0.137. The van der Waals surface area contributed by atoms with E-state index in [1.54, 1.807) is 4.31 Å². The van der Waals surface area contributed by atoms with Gasteiger partial charge in [0.1, 0.15) is 0 Å². The first kappa shape index (κ1) is 28.2. The minimum atomic E-state index is -4.56. The predicted molar refractivity (Wildman–Crippen MR) is 131 cm³/mol. The van der Waals surface area contributed by atoms with Gasteiger partial charge >= 0.3 is 6.18 Å². The Bertz CT molecular complexity index is 1110. The number of carbonyl (C=O) groups excluding carboxylic acids is 2. The molecule has 200 valence electrons. The first-order valence-electron chi connectivity index (χ1n) is 11.9. The minimum absolute atomic E-state index is 0.0722. The summed E-state index contributed by atoms with van der Waals surface area (Å²) in [6.45, 7) is 11.1. The van der Waals surface area contributed by atoms with Gasteiger partial charge in [0.05, 0.1) is 10.8 Å². The molecule has 2 amide bonds. The largest absolute Gasteiger partial charge is 0.416 e. The zero-order chi connectivity index (χ0) is 27.1. The molecule has 0 aromatic heterocycles. The summed E-state index contributed by atoms with van der Waals surface area (Å²) in [6, 6.07) is 4.05. The monoisotopic (exact) mass is 529 g/mol. The molecule has 0 radical (unpaired) electrons. The van der Waals surface area contributed by atoms with E-state index in [0.717, 1.165) is 12.1 Å². The van der Waals surface area contributed by atoms with E-state index < -0.39 is 44.0 Å². The number of nitrogens with one attached hydrogen (secondary N) is 1. The van der Waals surface area contributed by atoms with Gasteiger partial charge in [0, 0.05) is 35.8 Å². The molecule has 36 heavy (non-hydrogen) atoms. The smallest absolute Gasteiger partial charge is 0.350 e. The Morgan fingerprint density at radius 2 is 1.64 bits per heavy atom. The molecular formula is C25H34F3N3O4S. The third-order valence-electron chi connectivity index (χ3n) is 6.96. The van der Waals surface area contributed by atoms with Crippen molar-refractivity contribution in [2.75, 3.05) is 13.1 Å². The van der Waals surface area contributed by atoms with Gasteiger partial charge in [0.25, 0.3) is 5.91 Å². The number of likely N-dealkylation sites (tertiary alicyclic amines) is 1. The third kappa shape index (κ3) is 5.77. The summed E-state index contributed by atoms with van der Waals surface area (Å²) in [4.78, 5) is 26.1. The number of carbonyl (C=O) groups is 2. The summed E-state index contributed by atoms with van der Waals surface area (Å²) >= 11 is 0. The Labute approximate surface area is 210 Å². The van der Waals surface area contributed by atoms with Crippen molar-refractivity contribution >= 4 is 21.8 Å². The summed E-state index contributed by atoms with van der Waals surface area (Å²) in [5, 5.41) is 2.16. The van der Waals surface area contributed by atoms with Crippen LogP contribution in [0.25, 0.3) is 0 Å². The van der Waals surface area contributed by atoms with Gasteiger partial charge in [-0.3, -0.25) is 9.59 Å². The van der Waals surface area contributed by atoms with E-state index in [4.69, 9.17) is 0 Å². The summed E-state index contributed by atoms with van der Waals surface area (Å²) in [5.74, 6) is -0.850. The van der Waals surface area contributed by atoms with Crippen molar-refractivity contribution in [1.29, 1.82) is 0 Å². The van der Waals surface area contributed by atoms with E-state index >= 15 is 0 Å². The number of hydrogen-bond acceptors (Lipinski definition) is 4. The maximum Gasteiger partial charge on any atom is 0.416 e. The van der Waals surface area contributed by atoms with Crippen molar-refractivity contribution in [3.63, 3.8) is 0 Å². The second-order valence-corrected chi connectivity index (χ2v) is 12.9. The van der Waals surface area contributed by atoms with E-state index in [1.807, 2.05) is 27.7 Å². The molecule has 2 aliphatic rings. The Morgan fingerprint density at radius 3 is 2.14 bits per heavy atom. The Kier molecular flexibility index (Phi) is 7.68. The average Bonchev–Trinajstić information content (AvgIpc) is 2.76. The van der Waals surface area contributed by atoms with E-state index in [0.29, 0.717) is 12.8 Å². The third-order valence-corrected chi connectivity index (χ3v) is 9.78.